The van der Waals surface area contributed by atoms with Crippen LogP contribution in [-0.2, 0) is 9.53 Å². The summed E-state index contributed by atoms with van der Waals surface area (Å²) in [6.45, 7) is 4.65. The molecule has 1 atom stereocenters. The number of hydrogen-bond donors (Lipinski definition) is 1. The molecule has 1 N–H and O–H groups in total. The molecule has 1 saturated heterocycles. The van der Waals surface area contributed by atoms with Crippen LogP contribution in [0.3, 0.4) is 0 Å². The fourth-order valence-electron chi connectivity index (χ4n) is 1.99. The van der Waals surface area contributed by atoms with E-state index >= 15 is 0 Å². The van der Waals surface area contributed by atoms with Crippen molar-refractivity contribution < 1.29 is 14.3 Å². The van der Waals surface area contributed by atoms with Gasteiger partial charge in [0.1, 0.15) is 0 Å². The number of halogens is 1. The lowest BCUT2D eigenvalue weighted by Crippen LogP contribution is -2.18. The van der Waals surface area contributed by atoms with Crippen molar-refractivity contribution in [3.8, 4) is 0 Å². The summed E-state index contributed by atoms with van der Waals surface area (Å²) in [6.07, 6.45) is 0.411. The molecule has 0 unspecified atom stereocenters. The van der Waals surface area contributed by atoms with Crippen LogP contribution >= 0.6 is 11.6 Å². The van der Waals surface area contributed by atoms with Gasteiger partial charge >= 0.3 is 5.97 Å². The van der Waals surface area contributed by atoms with Crippen LogP contribution in [-0.4, -0.2) is 25.0 Å². The quantitative estimate of drug-likeness (QED) is 0.865. The average Bonchev–Trinajstić information content (AvgIpc) is 2.77. The number of carbonyl (C=O) groups is 2. The van der Waals surface area contributed by atoms with Crippen LogP contribution in [0.15, 0.2) is 12.1 Å². The summed E-state index contributed by atoms with van der Waals surface area (Å²) >= 11 is 6.05. The van der Waals surface area contributed by atoms with Gasteiger partial charge in [0, 0.05) is 18.9 Å². The van der Waals surface area contributed by atoms with Crippen molar-refractivity contribution in [3.63, 3.8) is 0 Å². The van der Waals surface area contributed by atoms with Crippen LogP contribution < -0.4 is 5.32 Å². The predicted octanol–water partition coefficient (Wildman–Crippen LogP) is 2.25. The summed E-state index contributed by atoms with van der Waals surface area (Å²) in [7, 11) is 0. The minimum atomic E-state index is -0.438. The maximum absolute atomic E-state index is 12.0. The van der Waals surface area contributed by atoms with E-state index in [1.165, 1.54) is 0 Å². The number of carbonyl (C=O) groups excluding carboxylic acids is 2. The molecule has 1 aromatic carbocycles. The van der Waals surface area contributed by atoms with Crippen LogP contribution in [0.25, 0.3) is 0 Å². The largest absolute Gasteiger partial charge is 0.462 e. The SMILES string of the molecule is Cc1cc(Cl)c(C(=O)OC[C@H]2CNC(=O)C2)cc1C. The third-order valence-corrected chi connectivity index (χ3v) is 3.63. The number of amides is 1. The zero-order chi connectivity index (χ0) is 14.0. The van der Waals surface area contributed by atoms with E-state index in [-0.39, 0.29) is 18.4 Å². The maximum atomic E-state index is 12.0. The third-order valence-electron chi connectivity index (χ3n) is 3.32. The van der Waals surface area contributed by atoms with Gasteiger partial charge in [-0.05, 0) is 37.1 Å². The molecule has 0 aliphatic carbocycles. The smallest absolute Gasteiger partial charge is 0.339 e. The molecule has 1 fully saturated rings. The van der Waals surface area contributed by atoms with Crippen LogP contribution in [0.4, 0.5) is 0 Å². The Labute approximate surface area is 117 Å². The minimum Gasteiger partial charge on any atom is -0.462 e. The molecule has 1 aliphatic rings. The second-order valence-corrected chi connectivity index (χ2v) is 5.30. The Hall–Kier alpha value is -1.55. The van der Waals surface area contributed by atoms with Gasteiger partial charge in [0.2, 0.25) is 5.91 Å². The van der Waals surface area contributed by atoms with Crippen LogP contribution in [0.2, 0.25) is 5.02 Å². The molecule has 2 rings (SSSR count). The number of ether oxygens (including phenoxy) is 1. The molecule has 0 spiro atoms. The molecule has 4 nitrogen and oxygen atoms in total. The fraction of sp³-hybridized carbons (Fsp3) is 0.429. The maximum Gasteiger partial charge on any atom is 0.339 e. The van der Waals surface area contributed by atoms with Gasteiger partial charge in [0.25, 0.3) is 0 Å². The molecule has 0 bridgehead atoms. The van der Waals surface area contributed by atoms with E-state index in [4.69, 9.17) is 16.3 Å². The van der Waals surface area contributed by atoms with Crippen LogP contribution in [0.1, 0.15) is 27.9 Å². The van der Waals surface area contributed by atoms with E-state index in [1.54, 1.807) is 12.1 Å². The number of hydrogen-bond acceptors (Lipinski definition) is 3. The lowest BCUT2D eigenvalue weighted by Gasteiger charge is -2.11. The lowest BCUT2D eigenvalue weighted by molar-refractivity contribution is -0.119. The fourth-order valence-corrected chi connectivity index (χ4v) is 2.29. The predicted molar refractivity (Wildman–Crippen MR) is 72.3 cm³/mol. The van der Waals surface area contributed by atoms with E-state index < -0.39 is 5.97 Å². The van der Waals surface area contributed by atoms with Crippen molar-refractivity contribution in [1.82, 2.24) is 5.32 Å². The topological polar surface area (TPSA) is 55.4 Å². The Morgan fingerprint density at radius 2 is 2.11 bits per heavy atom. The summed E-state index contributed by atoms with van der Waals surface area (Å²) in [6, 6.07) is 3.49. The Morgan fingerprint density at radius 3 is 2.74 bits per heavy atom. The Morgan fingerprint density at radius 1 is 1.42 bits per heavy atom. The first kappa shape index (κ1) is 13.9. The minimum absolute atomic E-state index is 0.00487. The number of aryl methyl sites for hydroxylation is 2. The van der Waals surface area contributed by atoms with Crippen LogP contribution in [0, 0.1) is 19.8 Å². The van der Waals surface area contributed by atoms with Gasteiger partial charge < -0.3 is 10.1 Å². The second kappa shape index (κ2) is 5.61. The first-order valence-corrected chi connectivity index (χ1v) is 6.55. The molecule has 0 saturated carbocycles. The normalized spacial score (nSPS) is 18.3. The number of nitrogens with one attached hydrogen (secondary N) is 1. The van der Waals surface area contributed by atoms with E-state index in [0.717, 1.165) is 11.1 Å². The van der Waals surface area contributed by atoms with Crippen molar-refractivity contribution in [3.05, 3.63) is 33.8 Å². The zero-order valence-electron chi connectivity index (χ0n) is 11.0. The molecule has 1 aliphatic heterocycles. The summed E-state index contributed by atoms with van der Waals surface area (Å²) in [4.78, 5) is 23.0. The van der Waals surface area contributed by atoms with Crippen molar-refractivity contribution in [2.75, 3.05) is 13.2 Å². The van der Waals surface area contributed by atoms with E-state index in [9.17, 15) is 9.59 Å². The Bertz CT molecular complexity index is 528. The molecular weight excluding hydrogens is 266 g/mol. The third kappa shape index (κ3) is 3.26. The summed E-state index contributed by atoms with van der Waals surface area (Å²) in [5.74, 6) is -0.375. The average molecular weight is 282 g/mol. The highest BCUT2D eigenvalue weighted by Gasteiger charge is 2.23. The molecule has 0 radical (unpaired) electrons. The Kier molecular flexibility index (Phi) is 4.10. The van der Waals surface area contributed by atoms with Crippen molar-refractivity contribution in [1.29, 1.82) is 0 Å². The van der Waals surface area contributed by atoms with Gasteiger partial charge in [-0.2, -0.15) is 0 Å². The van der Waals surface area contributed by atoms with Crippen molar-refractivity contribution in [2.45, 2.75) is 20.3 Å². The molecule has 0 aromatic heterocycles. The van der Waals surface area contributed by atoms with Gasteiger partial charge in [-0.15, -0.1) is 0 Å². The summed E-state index contributed by atoms with van der Waals surface area (Å²) < 4.78 is 5.22. The lowest BCUT2D eigenvalue weighted by atomic mass is 10.1. The zero-order valence-corrected chi connectivity index (χ0v) is 11.7. The Balaban J connectivity index is 2.00. The van der Waals surface area contributed by atoms with Crippen LogP contribution in [0.5, 0.6) is 0 Å². The molecule has 19 heavy (non-hydrogen) atoms. The molecule has 1 amide bonds. The second-order valence-electron chi connectivity index (χ2n) is 4.89. The molecule has 5 heteroatoms. The summed E-state index contributed by atoms with van der Waals surface area (Å²) in [5.41, 5.74) is 2.41. The van der Waals surface area contributed by atoms with Crippen molar-refractivity contribution >= 4 is 23.5 Å². The van der Waals surface area contributed by atoms with Gasteiger partial charge in [0.05, 0.1) is 17.2 Å². The van der Waals surface area contributed by atoms with Crippen molar-refractivity contribution in [2.24, 2.45) is 5.92 Å². The van der Waals surface area contributed by atoms with Gasteiger partial charge in [-0.1, -0.05) is 11.6 Å². The standard InChI is InChI=1S/C14H16ClNO3/c1-8-3-11(12(15)4-9(8)2)14(18)19-7-10-5-13(17)16-6-10/h3-4,10H,5-7H2,1-2H3,(H,16,17)/t10-/m1/s1. The van der Waals surface area contributed by atoms with E-state index in [0.29, 0.717) is 23.6 Å². The highest BCUT2D eigenvalue weighted by molar-refractivity contribution is 6.33. The summed E-state index contributed by atoms with van der Waals surface area (Å²) in [5, 5.41) is 3.10. The first-order chi connectivity index (χ1) is 8.97. The molecular formula is C14H16ClNO3. The number of esters is 1. The van der Waals surface area contributed by atoms with Gasteiger partial charge in [0.15, 0.2) is 0 Å². The monoisotopic (exact) mass is 281 g/mol. The number of rotatable bonds is 3. The van der Waals surface area contributed by atoms with Gasteiger partial charge in [-0.25, -0.2) is 4.79 Å². The molecule has 1 aromatic rings. The first-order valence-electron chi connectivity index (χ1n) is 6.18. The number of benzene rings is 1. The van der Waals surface area contributed by atoms with E-state index in [1.807, 2.05) is 13.8 Å². The highest BCUT2D eigenvalue weighted by Crippen LogP contribution is 2.22. The molecule has 102 valence electrons. The van der Waals surface area contributed by atoms with E-state index in [2.05, 4.69) is 5.32 Å². The highest BCUT2D eigenvalue weighted by atomic mass is 35.5. The molecule has 1 heterocycles. The van der Waals surface area contributed by atoms with Gasteiger partial charge in [-0.3, -0.25) is 4.79 Å².